The largest absolute Gasteiger partial charge is 0.573 e. The molecule has 2 aromatic carbocycles. The lowest BCUT2D eigenvalue weighted by molar-refractivity contribution is -0.275. The van der Waals surface area contributed by atoms with E-state index in [1.807, 2.05) is 6.20 Å². The van der Waals surface area contributed by atoms with Crippen molar-refractivity contribution >= 4 is 5.97 Å². The van der Waals surface area contributed by atoms with Crippen LogP contribution in [0.2, 0.25) is 0 Å². The Labute approximate surface area is 287 Å². The average molecular weight is 683 g/mol. The van der Waals surface area contributed by atoms with E-state index in [0.717, 1.165) is 93.4 Å². The van der Waals surface area contributed by atoms with Gasteiger partial charge in [-0.05, 0) is 117 Å². The average Bonchev–Trinajstić information content (AvgIpc) is 3.81. The van der Waals surface area contributed by atoms with E-state index in [1.165, 1.54) is 24.5 Å². The smallest absolute Gasteiger partial charge is 0.490 e. The molecule has 0 bridgehead atoms. The summed E-state index contributed by atoms with van der Waals surface area (Å²) in [7, 11) is 0. The van der Waals surface area contributed by atoms with E-state index in [1.54, 1.807) is 23.7 Å². The third kappa shape index (κ3) is 9.35. The quantitative estimate of drug-likeness (QED) is 0.162. The Morgan fingerprint density at radius 2 is 1.84 bits per heavy atom. The van der Waals surface area contributed by atoms with Crippen molar-refractivity contribution in [2.24, 2.45) is 17.8 Å². The number of halogens is 3. The molecule has 0 spiro atoms. The molecule has 1 aromatic heterocycles. The third-order valence-electron chi connectivity index (χ3n) is 10.6. The first-order chi connectivity index (χ1) is 23.6. The maximum atomic E-state index is 13.4. The van der Waals surface area contributed by atoms with Crippen LogP contribution in [0.3, 0.4) is 0 Å². The lowest BCUT2D eigenvalue weighted by Crippen LogP contribution is -2.40. The van der Waals surface area contributed by atoms with Crippen LogP contribution in [0.5, 0.6) is 11.5 Å². The van der Waals surface area contributed by atoms with E-state index in [-0.39, 0.29) is 17.8 Å². The van der Waals surface area contributed by atoms with E-state index in [2.05, 4.69) is 45.1 Å². The molecule has 8 nitrogen and oxygen atoms in total. The molecule has 11 heteroatoms. The van der Waals surface area contributed by atoms with Gasteiger partial charge in [-0.2, -0.15) is 0 Å². The van der Waals surface area contributed by atoms with E-state index >= 15 is 0 Å². The number of carbonyl (C=O) groups is 1. The van der Waals surface area contributed by atoms with Gasteiger partial charge in [-0.25, -0.2) is 4.68 Å². The molecule has 0 radical (unpaired) electrons. The number of hydrogen-bond acceptors (Lipinski definition) is 6. The maximum Gasteiger partial charge on any atom is 0.573 e. The van der Waals surface area contributed by atoms with Crippen LogP contribution in [-0.4, -0.2) is 56.5 Å². The fourth-order valence-corrected chi connectivity index (χ4v) is 7.78. The number of aryl methyl sites for hydroxylation is 2. The summed E-state index contributed by atoms with van der Waals surface area (Å²) in [5, 5.41) is 18.3. The zero-order valence-corrected chi connectivity index (χ0v) is 28.6. The number of unbranched alkanes of at least 4 members (excludes halogenated alkanes) is 3. The number of alkyl halides is 3. The fraction of sp³-hybridized carbons (Fsp3) is 0.605. The second-order valence-electron chi connectivity index (χ2n) is 14.4. The molecule has 1 saturated heterocycles. The van der Waals surface area contributed by atoms with Crippen molar-refractivity contribution in [1.29, 1.82) is 0 Å². The minimum Gasteiger partial charge on any atom is -0.490 e. The van der Waals surface area contributed by atoms with E-state index in [4.69, 9.17) is 4.74 Å². The first kappa shape index (κ1) is 35.2. The van der Waals surface area contributed by atoms with Crippen LogP contribution in [0, 0.1) is 17.8 Å². The zero-order chi connectivity index (χ0) is 34.5. The molecule has 49 heavy (non-hydrogen) atoms. The SMILES string of the molecule is CCCCCCc1cn(Cc2ccc(OC(F)(F)F)c(CN3CCC(C4CCc5ccc([C@H](C6CC6)[C@H](C)C(=O)O)cc5O4)CC3)c2)nn1. The highest BCUT2D eigenvalue weighted by molar-refractivity contribution is 5.71. The first-order valence-corrected chi connectivity index (χ1v) is 18.1. The zero-order valence-electron chi connectivity index (χ0n) is 28.6. The number of hydrogen-bond donors (Lipinski definition) is 1. The molecule has 2 fully saturated rings. The van der Waals surface area contributed by atoms with Gasteiger partial charge in [0.15, 0.2) is 0 Å². The van der Waals surface area contributed by atoms with Crippen molar-refractivity contribution in [2.75, 3.05) is 13.1 Å². The molecule has 6 rings (SSSR count). The first-order valence-electron chi connectivity index (χ1n) is 18.1. The number of benzene rings is 2. The molecule has 3 aliphatic rings. The monoisotopic (exact) mass is 682 g/mol. The standard InChI is InChI=1S/C38H49F3N4O4/c1-3-4-5-6-7-32-24-45(43-42-32)22-26-8-14-34(49-38(39,40)41)31(20-26)23-44-18-16-28(17-19-44)33-15-13-27-9-12-30(21-35(27)48-33)36(29-10-11-29)25(2)37(46)47/h8-9,12,14,20-21,24-25,28-29,33,36H,3-7,10-11,13,15-19,22-23H2,1-2H3,(H,46,47)/t25-,33?,36-/m0/s1. The topological polar surface area (TPSA) is 89.7 Å². The highest BCUT2D eigenvalue weighted by Gasteiger charge is 2.40. The molecule has 266 valence electrons. The highest BCUT2D eigenvalue weighted by atomic mass is 19.4. The van der Waals surface area contributed by atoms with Crippen LogP contribution in [0.15, 0.2) is 42.6 Å². The lowest BCUT2D eigenvalue weighted by atomic mass is 9.81. The number of rotatable bonds is 15. The molecule has 1 unspecified atom stereocenters. The van der Waals surface area contributed by atoms with Crippen molar-refractivity contribution in [1.82, 2.24) is 19.9 Å². The normalized spacial score (nSPS) is 20.0. The Hall–Kier alpha value is -3.60. The van der Waals surface area contributed by atoms with Crippen molar-refractivity contribution in [3.63, 3.8) is 0 Å². The molecule has 3 aromatic rings. The van der Waals surface area contributed by atoms with Gasteiger partial charge in [-0.15, -0.1) is 18.3 Å². The number of aliphatic carboxylic acids is 1. The summed E-state index contributed by atoms with van der Waals surface area (Å²) in [6.07, 6.45) is 8.40. The Bertz CT molecular complexity index is 1560. The van der Waals surface area contributed by atoms with Crippen molar-refractivity contribution in [3.8, 4) is 11.5 Å². The fourth-order valence-electron chi connectivity index (χ4n) is 7.78. The van der Waals surface area contributed by atoms with Crippen molar-refractivity contribution in [3.05, 3.63) is 70.5 Å². The second-order valence-corrected chi connectivity index (χ2v) is 14.4. The Balaban J connectivity index is 1.07. The summed E-state index contributed by atoms with van der Waals surface area (Å²) in [5.74, 6) is 0.245. The number of likely N-dealkylation sites (tertiary alicyclic amines) is 1. The van der Waals surface area contributed by atoms with Gasteiger partial charge >= 0.3 is 12.3 Å². The Morgan fingerprint density at radius 3 is 2.55 bits per heavy atom. The van der Waals surface area contributed by atoms with Gasteiger partial charge in [0.25, 0.3) is 0 Å². The van der Waals surface area contributed by atoms with Crippen LogP contribution in [0.4, 0.5) is 13.2 Å². The molecule has 3 heterocycles. The molecule has 2 aliphatic heterocycles. The van der Waals surface area contributed by atoms with Gasteiger partial charge < -0.3 is 14.6 Å². The van der Waals surface area contributed by atoms with Gasteiger partial charge in [0.1, 0.15) is 17.6 Å². The molecular weight excluding hydrogens is 633 g/mol. The minimum atomic E-state index is -4.78. The summed E-state index contributed by atoms with van der Waals surface area (Å²) in [6, 6.07) is 11.2. The molecule has 3 atom stereocenters. The molecule has 1 aliphatic carbocycles. The molecule has 0 amide bonds. The summed E-state index contributed by atoms with van der Waals surface area (Å²) < 4.78 is 52.9. The predicted octanol–water partition coefficient (Wildman–Crippen LogP) is 8.17. The van der Waals surface area contributed by atoms with E-state index in [9.17, 15) is 23.1 Å². The van der Waals surface area contributed by atoms with Crippen LogP contribution >= 0.6 is 0 Å². The highest BCUT2D eigenvalue weighted by Crippen LogP contribution is 2.48. The van der Waals surface area contributed by atoms with Crippen LogP contribution in [0.25, 0.3) is 0 Å². The summed E-state index contributed by atoms with van der Waals surface area (Å²) in [6.45, 7) is 6.25. The van der Waals surface area contributed by atoms with Crippen molar-refractivity contribution in [2.45, 2.75) is 116 Å². The number of fused-ring (bicyclic) bond motifs is 1. The maximum absolute atomic E-state index is 13.4. The lowest BCUT2D eigenvalue weighted by Gasteiger charge is -2.38. The Morgan fingerprint density at radius 1 is 1.04 bits per heavy atom. The summed E-state index contributed by atoms with van der Waals surface area (Å²) in [4.78, 5) is 14.1. The number of nitrogens with zero attached hydrogens (tertiary/aromatic N) is 4. The summed E-state index contributed by atoms with van der Waals surface area (Å²) in [5.41, 5.74) is 4.50. The van der Waals surface area contributed by atoms with Gasteiger partial charge in [0, 0.05) is 18.3 Å². The molecule has 1 saturated carbocycles. The number of carboxylic acid groups (broad SMARTS) is 1. The van der Waals surface area contributed by atoms with Crippen LogP contribution in [-0.2, 0) is 30.7 Å². The van der Waals surface area contributed by atoms with Gasteiger partial charge in [-0.3, -0.25) is 9.69 Å². The van der Waals surface area contributed by atoms with Gasteiger partial charge in [0.2, 0.25) is 0 Å². The number of aromatic nitrogens is 3. The predicted molar refractivity (Wildman–Crippen MR) is 180 cm³/mol. The van der Waals surface area contributed by atoms with Gasteiger partial charge in [0.05, 0.1) is 18.2 Å². The number of piperidine rings is 1. The van der Waals surface area contributed by atoms with E-state index < -0.39 is 18.2 Å². The summed E-state index contributed by atoms with van der Waals surface area (Å²) >= 11 is 0. The van der Waals surface area contributed by atoms with Crippen LogP contribution in [0.1, 0.15) is 106 Å². The number of ether oxygens (including phenoxy) is 2. The van der Waals surface area contributed by atoms with Gasteiger partial charge in [-0.1, -0.05) is 56.5 Å². The second kappa shape index (κ2) is 15.5. The minimum absolute atomic E-state index is 0.00580. The number of carboxylic acids is 1. The van der Waals surface area contributed by atoms with Crippen LogP contribution < -0.4 is 9.47 Å². The van der Waals surface area contributed by atoms with Crippen molar-refractivity contribution < 1.29 is 32.5 Å². The Kier molecular flexibility index (Phi) is 11.2. The molecular formula is C38H49F3N4O4. The molecule has 1 N–H and O–H groups in total. The van der Waals surface area contributed by atoms with E-state index in [0.29, 0.717) is 30.5 Å². The third-order valence-corrected chi connectivity index (χ3v) is 10.6.